The molecule has 21 heteroatoms. The summed E-state index contributed by atoms with van der Waals surface area (Å²) in [5.41, 5.74) is 14.3. The third-order valence-electron chi connectivity index (χ3n) is 10.8. The molecule has 3 aliphatic rings. The summed E-state index contributed by atoms with van der Waals surface area (Å²) in [6, 6.07) is 9.52. The van der Waals surface area contributed by atoms with Crippen molar-refractivity contribution >= 4 is 45.7 Å². The molecule has 0 bridgehead atoms. The van der Waals surface area contributed by atoms with Gasteiger partial charge in [0.15, 0.2) is 22.9 Å². The highest BCUT2D eigenvalue weighted by Gasteiger charge is 2.38. The van der Waals surface area contributed by atoms with Gasteiger partial charge in [-0.1, -0.05) is 36.4 Å². The molecule has 1 aromatic carbocycles. The van der Waals surface area contributed by atoms with Crippen molar-refractivity contribution in [2.45, 2.75) is 64.7 Å². The van der Waals surface area contributed by atoms with Crippen LogP contribution in [0.5, 0.6) is 0 Å². The SMILES string of the molecule is CC1=CC(=c2c(=C3C=CC=CC3)nc(N)n3nc(CN(C)c4cccc(-c5nc(N)n6nc(CO[C@H]7CCOC7)nc6c5-c5cc(C)nc(C(F)(F)F)c5)c4)nc23)CC(C(F)(F)F)=N1. The van der Waals surface area contributed by atoms with Crippen LogP contribution in [0.15, 0.2) is 77.5 Å². The number of anilines is 3. The zero-order valence-electron chi connectivity index (χ0n) is 34.5. The van der Waals surface area contributed by atoms with Gasteiger partial charge in [-0.25, -0.2) is 24.9 Å². The van der Waals surface area contributed by atoms with E-state index < -0.39 is 30.2 Å². The molecule has 9 rings (SSSR count). The first-order valence-electron chi connectivity index (χ1n) is 20.1. The van der Waals surface area contributed by atoms with E-state index in [-0.39, 0.29) is 82.3 Å². The molecule has 0 unspecified atom stereocenters. The Bertz CT molecular complexity index is 3100. The Balaban J connectivity index is 1.13. The van der Waals surface area contributed by atoms with Gasteiger partial charge < -0.3 is 25.8 Å². The van der Waals surface area contributed by atoms with Crippen LogP contribution < -0.4 is 26.9 Å². The number of nitrogen functional groups attached to an aromatic ring is 2. The van der Waals surface area contributed by atoms with E-state index in [9.17, 15) is 26.3 Å². The summed E-state index contributed by atoms with van der Waals surface area (Å²) in [6.07, 6.45) is 0.0743. The quantitative estimate of drug-likeness (QED) is 0.174. The molecule has 0 saturated carbocycles. The number of ether oxygens (including phenoxy) is 2. The first-order chi connectivity index (χ1) is 30.5. The fraction of sp³-hybridized carbons (Fsp3) is 0.302. The van der Waals surface area contributed by atoms with E-state index in [1.54, 1.807) is 37.4 Å². The number of fused-ring (bicyclic) bond motifs is 2. The second-order valence-electron chi connectivity index (χ2n) is 15.6. The Morgan fingerprint density at radius 2 is 1.62 bits per heavy atom. The Morgan fingerprint density at radius 3 is 2.36 bits per heavy atom. The molecule has 2 aliphatic heterocycles. The molecule has 0 spiro atoms. The summed E-state index contributed by atoms with van der Waals surface area (Å²) >= 11 is 0. The number of rotatable bonds is 8. The number of hydrogen-bond donors (Lipinski definition) is 2. The van der Waals surface area contributed by atoms with Crippen LogP contribution in [0, 0.1) is 6.92 Å². The maximum absolute atomic E-state index is 14.2. The molecule has 7 heterocycles. The van der Waals surface area contributed by atoms with Gasteiger partial charge >= 0.3 is 12.4 Å². The molecule has 1 atom stereocenters. The number of aliphatic imine (C=N–C) groups is 1. The number of halogens is 6. The Kier molecular flexibility index (Phi) is 10.8. The molecular formula is C43H39F6N13O2. The molecule has 330 valence electrons. The van der Waals surface area contributed by atoms with Gasteiger partial charge in [-0.15, -0.1) is 10.2 Å². The van der Waals surface area contributed by atoms with Crippen molar-refractivity contribution in [3.8, 4) is 22.4 Å². The first-order valence-corrected chi connectivity index (χ1v) is 20.1. The topological polar surface area (TPSA) is 185 Å². The van der Waals surface area contributed by atoms with Gasteiger partial charge in [0.1, 0.15) is 18.0 Å². The number of hydrogen-bond acceptors (Lipinski definition) is 13. The van der Waals surface area contributed by atoms with Gasteiger partial charge in [0.2, 0.25) is 11.9 Å². The van der Waals surface area contributed by atoms with Gasteiger partial charge in [-0.05, 0) is 73.7 Å². The summed E-state index contributed by atoms with van der Waals surface area (Å²) in [7, 11) is 1.77. The van der Waals surface area contributed by atoms with Crippen molar-refractivity contribution in [3.05, 3.63) is 106 Å². The number of nitrogens with zero attached hydrogens (tertiary/aromatic N) is 11. The lowest BCUT2D eigenvalue weighted by atomic mass is 9.98. The van der Waals surface area contributed by atoms with Gasteiger partial charge in [0.25, 0.3) is 0 Å². The summed E-state index contributed by atoms with van der Waals surface area (Å²) < 4.78 is 98.8. The van der Waals surface area contributed by atoms with Crippen LogP contribution in [0.3, 0.4) is 0 Å². The second kappa shape index (κ2) is 16.3. The van der Waals surface area contributed by atoms with Crippen LogP contribution in [0.1, 0.15) is 49.2 Å². The Hall–Kier alpha value is -7.00. The van der Waals surface area contributed by atoms with E-state index in [2.05, 4.69) is 30.1 Å². The van der Waals surface area contributed by atoms with Crippen molar-refractivity contribution < 1.29 is 35.8 Å². The number of alkyl halides is 6. The monoisotopic (exact) mass is 883 g/mol. The van der Waals surface area contributed by atoms with E-state index in [1.807, 2.05) is 29.2 Å². The highest BCUT2D eigenvalue weighted by molar-refractivity contribution is 5.99. The van der Waals surface area contributed by atoms with Crippen LogP contribution in [-0.2, 0) is 28.8 Å². The zero-order chi connectivity index (χ0) is 45.1. The number of pyridine rings is 1. The highest BCUT2D eigenvalue weighted by atomic mass is 19.4. The largest absolute Gasteiger partial charge is 0.433 e. The molecule has 1 fully saturated rings. The van der Waals surface area contributed by atoms with Gasteiger partial charge in [-0.3, -0.25) is 4.99 Å². The maximum atomic E-state index is 14.2. The van der Waals surface area contributed by atoms with Gasteiger partial charge in [0, 0.05) is 47.9 Å². The van der Waals surface area contributed by atoms with Crippen LogP contribution in [-0.4, -0.2) is 82.4 Å². The minimum Gasteiger partial charge on any atom is -0.379 e. The standard InChI is InChI=1S/C43H39F6N13O2/c1-22-14-26(17-30(52-22)42(44,45)46)34-36(24-8-5-4-6-9-24)56-40(50)61-38(34)54-32(58-61)19-60(3)28-11-7-10-25(16-28)37-35(27-15-23(2)53-31(18-27)43(47,48)49)39-55-33(59-62(39)41(51)57-37)21-64-29-12-13-63-20-29/h4-8,10-11,14-16,18,29H,9,12-13,17,19-21H2,1-3H3,(H2,50,56)(H2,51,57)/t29-/m0/s1. The molecule has 0 radical (unpaired) electrons. The third kappa shape index (κ3) is 8.30. The predicted octanol–water partition coefficient (Wildman–Crippen LogP) is 5.85. The molecule has 0 amide bonds. The van der Waals surface area contributed by atoms with Crippen LogP contribution >= 0.6 is 0 Å². The Morgan fingerprint density at radius 1 is 0.859 bits per heavy atom. The van der Waals surface area contributed by atoms with E-state index in [4.69, 9.17) is 30.9 Å². The molecule has 15 nitrogen and oxygen atoms in total. The maximum Gasteiger partial charge on any atom is 0.433 e. The predicted molar refractivity (Wildman–Crippen MR) is 226 cm³/mol. The van der Waals surface area contributed by atoms with E-state index in [1.165, 1.54) is 28.9 Å². The molecule has 5 aromatic heterocycles. The van der Waals surface area contributed by atoms with E-state index in [0.717, 1.165) is 11.6 Å². The number of benzene rings is 1. The first kappa shape index (κ1) is 42.3. The Labute approximate surface area is 359 Å². The summed E-state index contributed by atoms with van der Waals surface area (Å²) in [6.45, 7) is 4.02. The minimum atomic E-state index is -4.75. The van der Waals surface area contributed by atoms with Crippen LogP contribution in [0.4, 0.5) is 43.9 Å². The van der Waals surface area contributed by atoms with Crippen molar-refractivity contribution in [1.29, 1.82) is 0 Å². The van der Waals surface area contributed by atoms with E-state index >= 15 is 0 Å². The van der Waals surface area contributed by atoms with Crippen LogP contribution in [0.2, 0.25) is 0 Å². The number of allylic oxidation sites excluding steroid dienone is 6. The molecular weight excluding hydrogens is 845 g/mol. The molecule has 6 aromatic rings. The average Bonchev–Trinajstić information content (AvgIpc) is 4.03. The fourth-order valence-corrected chi connectivity index (χ4v) is 7.90. The lowest BCUT2D eigenvalue weighted by molar-refractivity contribution is -0.141. The molecule has 64 heavy (non-hydrogen) atoms. The third-order valence-corrected chi connectivity index (χ3v) is 10.8. The van der Waals surface area contributed by atoms with Crippen molar-refractivity contribution in [1.82, 2.24) is 44.1 Å². The second-order valence-corrected chi connectivity index (χ2v) is 15.6. The minimum absolute atomic E-state index is 0.00132. The number of nitrogens with two attached hydrogens (primary N) is 2. The highest BCUT2D eigenvalue weighted by Crippen LogP contribution is 2.39. The smallest absolute Gasteiger partial charge is 0.379 e. The summed E-state index contributed by atoms with van der Waals surface area (Å²) in [4.78, 5) is 28.2. The van der Waals surface area contributed by atoms with E-state index in [0.29, 0.717) is 53.4 Å². The van der Waals surface area contributed by atoms with Gasteiger partial charge in [0.05, 0.1) is 35.9 Å². The lowest BCUT2D eigenvalue weighted by Crippen LogP contribution is -2.38. The van der Waals surface area contributed by atoms with Crippen molar-refractivity contribution in [2.24, 2.45) is 4.99 Å². The number of aryl methyl sites for hydroxylation is 1. The van der Waals surface area contributed by atoms with Crippen molar-refractivity contribution in [3.63, 3.8) is 0 Å². The summed E-state index contributed by atoms with van der Waals surface area (Å²) in [5, 5.41) is 9.89. The van der Waals surface area contributed by atoms with Crippen LogP contribution in [0.25, 0.3) is 44.8 Å². The fourth-order valence-electron chi connectivity index (χ4n) is 7.90. The average molecular weight is 884 g/mol. The molecule has 4 N–H and O–H groups in total. The van der Waals surface area contributed by atoms with Gasteiger partial charge in [-0.2, -0.15) is 35.4 Å². The molecule has 1 aliphatic carbocycles. The zero-order valence-corrected chi connectivity index (χ0v) is 34.5. The number of aromatic nitrogens is 9. The lowest BCUT2D eigenvalue weighted by Gasteiger charge is -2.19. The molecule has 1 saturated heterocycles. The summed E-state index contributed by atoms with van der Waals surface area (Å²) in [5.74, 6) is 0.425. The van der Waals surface area contributed by atoms with Crippen molar-refractivity contribution in [2.75, 3.05) is 36.6 Å². The normalized spacial score (nSPS) is 18.6.